The van der Waals surface area contributed by atoms with Gasteiger partial charge in [-0.2, -0.15) is 9.49 Å². The van der Waals surface area contributed by atoms with Crippen molar-refractivity contribution < 1.29 is 13.6 Å². The number of pyridine rings is 3. The fourth-order valence-corrected chi connectivity index (χ4v) is 4.97. The Morgan fingerprint density at radius 2 is 1.97 bits per heavy atom. The van der Waals surface area contributed by atoms with E-state index in [0.717, 1.165) is 24.2 Å². The Balaban J connectivity index is 1.32. The number of rotatable bonds is 5. The van der Waals surface area contributed by atoms with Crippen molar-refractivity contribution in [1.29, 1.82) is 0 Å². The van der Waals surface area contributed by atoms with Gasteiger partial charge in [0.05, 0.1) is 27.7 Å². The molecule has 1 fully saturated rings. The number of aromatic amines is 2. The highest BCUT2D eigenvalue weighted by Crippen LogP contribution is 2.36. The van der Waals surface area contributed by atoms with E-state index in [1.54, 1.807) is 24.4 Å². The number of halogens is 2. The molecule has 182 valence electrons. The molecule has 6 aromatic heterocycles. The molecule has 1 saturated carbocycles. The summed E-state index contributed by atoms with van der Waals surface area (Å²) >= 11 is 0.970. The Kier molecular flexibility index (Phi) is 4.83. The first-order chi connectivity index (χ1) is 18.0. The van der Waals surface area contributed by atoms with Crippen molar-refractivity contribution in [3.05, 3.63) is 60.0 Å². The van der Waals surface area contributed by atoms with Gasteiger partial charge in [-0.15, -0.1) is 11.3 Å². The molecule has 6 heterocycles. The maximum atomic E-state index is 16.0. The van der Waals surface area contributed by atoms with Crippen LogP contribution in [0.5, 0.6) is 0 Å². The summed E-state index contributed by atoms with van der Waals surface area (Å²) in [6.07, 6.45) is 7.79. The van der Waals surface area contributed by atoms with Crippen molar-refractivity contribution in [3.8, 4) is 33.2 Å². The van der Waals surface area contributed by atoms with Crippen LogP contribution in [0.1, 0.15) is 12.8 Å². The maximum absolute atomic E-state index is 16.0. The van der Waals surface area contributed by atoms with Gasteiger partial charge in [0, 0.05) is 35.6 Å². The number of carbonyl (C=O) groups is 1. The lowest BCUT2D eigenvalue weighted by molar-refractivity contribution is -0.117. The van der Waals surface area contributed by atoms with E-state index in [9.17, 15) is 9.18 Å². The number of amides is 1. The zero-order chi connectivity index (χ0) is 25.1. The third-order valence-corrected chi connectivity index (χ3v) is 7.10. The summed E-state index contributed by atoms with van der Waals surface area (Å²) in [6.45, 7) is 0. The van der Waals surface area contributed by atoms with Gasteiger partial charge in [-0.25, -0.2) is 14.4 Å². The van der Waals surface area contributed by atoms with Crippen LogP contribution < -0.4 is 5.32 Å². The van der Waals surface area contributed by atoms with Crippen LogP contribution in [-0.4, -0.2) is 41.0 Å². The SMILES string of the molecule is O=C(Nc1cncc(-c2cnc3[nH]nc(-c4nc5c(-c6ccc(F)s6)nccc5[nH]4)c3c2F)c1)C1CC1. The lowest BCUT2D eigenvalue weighted by Gasteiger charge is -2.08. The Labute approximate surface area is 211 Å². The second kappa shape index (κ2) is 8.23. The zero-order valence-corrected chi connectivity index (χ0v) is 19.7. The molecule has 0 unspecified atom stereocenters. The zero-order valence-electron chi connectivity index (χ0n) is 18.9. The van der Waals surface area contributed by atoms with E-state index in [-0.39, 0.29) is 39.2 Å². The third kappa shape index (κ3) is 3.73. The van der Waals surface area contributed by atoms with E-state index in [1.165, 1.54) is 24.7 Å². The lowest BCUT2D eigenvalue weighted by atomic mass is 10.1. The van der Waals surface area contributed by atoms with Crippen LogP contribution >= 0.6 is 11.3 Å². The molecular formula is C25H16F2N8OS. The molecule has 37 heavy (non-hydrogen) atoms. The van der Waals surface area contributed by atoms with Crippen molar-refractivity contribution >= 4 is 45.0 Å². The van der Waals surface area contributed by atoms with E-state index < -0.39 is 5.82 Å². The van der Waals surface area contributed by atoms with Crippen LogP contribution in [0.2, 0.25) is 0 Å². The standard InChI is InChI=1S/C25H16F2N8OS/c26-17-4-3-16(37-17)21-20-15(5-6-29-21)32-24(33-20)22-18-19(27)14(10-30-23(18)35-34-22)12-7-13(9-28-8-12)31-25(36)11-1-2-11/h3-11H,1-2H2,(H,31,36)(H,32,33)(H,30,34,35). The Hall–Kier alpha value is -4.58. The highest BCUT2D eigenvalue weighted by Gasteiger charge is 2.29. The molecule has 7 rings (SSSR count). The van der Waals surface area contributed by atoms with Crippen LogP contribution in [-0.2, 0) is 4.79 Å². The Morgan fingerprint density at radius 1 is 1.08 bits per heavy atom. The second-order valence-electron chi connectivity index (χ2n) is 8.75. The first kappa shape index (κ1) is 21.7. The van der Waals surface area contributed by atoms with Crippen molar-refractivity contribution in [1.82, 2.24) is 35.1 Å². The van der Waals surface area contributed by atoms with Gasteiger partial charge in [-0.05, 0) is 37.1 Å². The van der Waals surface area contributed by atoms with E-state index >= 15 is 4.39 Å². The number of H-pyrrole nitrogens is 2. The van der Waals surface area contributed by atoms with E-state index in [0.29, 0.717) is 38.7 Å². The molecule has 12 heteroatoms. The van der Waals surface area contributed by atoms with Gasteiger partial charge >= 0.3 is 0 Å². The number of nitrogens with zero attached hydrogens (tertiary/aromatic N) is 5. The Bertz CT molecular complexity index is 1840. The summed E-state index contributed by atoms with van der Waals surface area (Å²) in [6, 6.07) is 6.42. The molecule has 1 amide bonds. The summed E-state index contributed by atoms with van der Waals surface area (Å²) in [5.41, 5.74) is 3.34. The first-order valence-corrected chi connectivity index (χ1v) is 12.3. The summed E-state index contributed by atoms with van der Waals surface area (Å²) in [4.78, 5) is 33.5. The van der Waals surface area contributed by atoms with Gasteiger partial charge in [-0.1, -0.05) is 0 Å². The van der Waals surface area contributed by atoms with Gasteiger partial charge < -0.3 is 10.3 Å². The van der Waals surface area contributed by atoms with Crippen LogP contribution in [0, 0.1) is 16.9 Å². The molecule has 0 aromatic carbocycles. The largest absolute Gasteiger partial charge is 0.336 e. The molecule has 0 spiro atoms. The molecule has 6 aromatic rings. The predicted octanol–water partition coefficient (Wildman–Crippen LogP) is 5.31. The number of anilines is 1. The fourth-order valence-electron chi connectivity index (χ4n) is 4.24. The topological polar surface area (TPSA) is 125 Å². The molecule has 0 bridgehead atoms. The number of nitrogens with one attached hydrogen (secondary N) is 3. The van der Waals surface area contributed by atoms with Gasteiger partial charge in [0.15, 0.2) is 16.6 Å². The first-order valence-electron chi connectivity index (χ1n) is 11.4. The number of thiophene rings is 1. The molecule has 3 N–H and O–H groups in total. The number of aromatic nitrogens is 7. The molecule has 0 atom stereocenters. The average molecular weight is 515 g/mol. The molecule has 0 radical (unpaired) electrons. The average Bonchev–Trinajstić information content (AvgIpc) is 3.29. The maximum Gasteiger partial charge on any atom is 0.227 e. The molecule has 1 aliphatic rings. The highest BCUT2D eigenvalue weighted by atomic mass is 32.1. The number of hydrogen-bond donors (Lipinski definition) is 3. The second-order valence-corrected chi connectivity index (χ2v) is 9.79. The van der Waals surface area contributed by atoms with E-state index in [2.05, 4.69) is 40.4 Å². The molecule has 0 saturated heterocycles. The number of fused-ring (bicyclic) bond motifs is 2. The fraction of sp³-hybridized carbons (Fsp3) is 0.120. The summed E-state index contributed by atoms with van der Waals surface area (Å²) in [5, 5.41) is 9.69. The lowest BCUT2D eigenvalue weighted by Crippen LogP contribution is -2.13. The summed E-state index contributed by atoms with van der Waals surface area (Å²) in [7, 11) is 0. The van der Waals surface area contributed by atoms with Crippen molar-refractivity contribution in [2.24, 2.45) is 5.92 Å². The van der Waals surface area contributed by atoms with Crippen LogP contribution in [0.25, 0.3) is 55.3 Å². The number of hydrogen-bond acceptors (Lipinski definition) is 7. The molecule has 9 nitrogen and oxygen atoms in total. The predicted molar refractivity (Wildman–Crippen MR) is 135 cm³/mol. The van der Waals surface area contributed by atoms with Crippen molar-refractivity contribution in [3.63, 3.8) is 0 Å². The minimum atomic E-state index is -0.555. The Morgan fingerprint density at radius 3 is 2.78 bits per heavy atom. The summed E-state index contributed by atoms with van der Waals surface area (Å²) < 4.78 is 29.6. The van der Waals surface area contributed by atoms with Gasteiger partial charge in [0.2, 0.25) is 5.91 Å². The minimum absolute atomic E-state index is 0.0327. The van der Waals surface area contributed by atoms with Crippen LogP contribution in [0.15, 0.2) is 49.1 Å². The smallest absolute Gasteiger partial charge is 0.227 e. The highest BCUT2D eigenvalue weighted by molar-refractivity contribution is 7.13. The minimum Gasteiger partial charge on any atom is -0.336 e. The van der Waals surface area contributed by atoms with Crippen LogP contribution in [0.4, 0.5) is 14.5 Å². The monoisotopic (exact) mass is 514 g/mol. The number of carbonyl (C=O) groups excluding carboxylic acids is 1. The van der Waals surface area contributed by atoms with E-state index in [4.69, 9.17) is 0 Å². The molecule has 0 aliphatic heterocycles. The van der Waals surface area contributed by atoms with Crippen molar-refractivity contribution in [2.75, 3.05) is 5.32 Å². The van der Waals surface area contributed by atoms with E-state index in [1.807, 2.05) is 0 Å². The van der Waals surface area contributed by atoms with Gasteiger partial charge in [-0.3, -0.25) is 19.9 Å². The van der Waals surface area contributed by atoms with Gasteiger partial charge in [0.1, 0.15) is 22.7 Å². The van der Waals surface area contributed by atoms with Gasteiger partial charge in [0.25, 0.3) is 0 Å². The normalized spacial score (nSPS) is 13.5. The molecular weight excluding hydrogens is 498 g/mol. The quantitative estimate of drug-likeness (QED) is 0.286. The molecule has 1 aliphatic carbocycles. The third-order valence-electron chi connectivity index (χ3n) is 6.22. The summed E-state index contributed by atoms with van der Waals surface area (Å²) in [5.74, 6) is -0.270. The van der Waals surface area contributed by atoms with Crippen molar-refractivity contribution in [2.45, 2.75) is 12.8 Å². The van der Waals surface area contributed by atoms with Crippen LogP contribution in [0.3, 0.4) is 0 Å². The number of imidazole rings is 1.